The van der Waals surface area contributed by atoms with Crippen molar-refractivity contribution < 1.29 is 23.7 Å². The summed E-state index contributed by atoms with van der Waals surface area (Å²) in [5.74, 6) is 2.35. The minimum Gasteiger partial charge on any atom is -0.490 e. The SMILES string of the molecule is CCOc1ccc(/C=C/C(=O)Nc2cc3c(cc2Br)OCCO3)cc1OCC. The Morgan fingerprint density at radius 3 is 2.46 bits per heavy atom. The summed E-state index contributed by atoms with van der Waals surface area (Å²) in [5, 5.41) is 2.84. The van der Waals surface area contributed by atoms with E-state index in [1.54, 1.807) is 18.2 Å². The molecule has 1 aliphatic heterocycles. The summed E-state index contributed by atoms with van der Waals surface area (Å²) in [7, 11) is 0. The van der Waals surface area contributed by atoms with E-state index in [0.29, 0.717) is 55.1 Å². The molecule has 2 aromatic carbocycles. The molecule has 0 atom stereocenters. The van der Waals surface area contributed by atoms with Gasteiger partial charge >= 0.3 is 0 Å². The average Bonchev–Trinajstić information content (AvgIpc) is 2.69. The quantitative estimate of drug-likeness (QED) is 0.624. The molecule has 7 heteroatoms. The van der Waals surface area contributed by atoms with E-state index >= 15 is 0 Å². The molecule has 0 aromatic heterocycles. The summed E-state index contributed by atoms with van der Waals surface area (Å²) in [4.78, 5) is 12.3. The van der Waals surface area contributed by atoms with Gasteiger partial charge in [0.2, 0.25) is 5.91 Å². The molecular weight excluding hydrogens is 426 g/mol. The summed E-state index contributed by atoms with van der Waals surface area (Å²) in [6.07, 6.45) is 3.19. The lowest BCUT2D eigenvalue weighted by Crippen LogP contribution is -2.16. The topological polar surface area (TPSA) is 66.0 Å². The molecule has 0 radical (unpaired) electrons. The highest BCUT2D eigenvalue weighted by molar-refractivity contribution is 9.10. The molecule has 0 fully saturated rings. The Kier molecular flexibility index (Phi) is 6.81. The normalized spacial score (nSPS) is 12.7. The van der Waals surface area contributed by atoms with Crippen molar-refractivity contribution in [1.29, 1.82) is 0 Å². The molecule has 0 saturated heterocycles. The standard InChI is InChI=1S/C21H22BrNO5/c1-3-25-17-7-5-14(11-18(17)26-4-2)6-8-21(24)23-16-13-20-19(12-15(16)22)27-9-10-28-20/h5-8,11-13H,3-4,9-10H2,1-2H3,(H,23,24)/b8-6+. The summed E-state index contributed by atoms with van der Waals surface area (Å²) in [6.45, 7) is 5.93. The second-order valence-corrected chi connectivity index (χ2v) is 6.72. The average molecular weight is 448 g/mol. The van der Waals surface area contributed by atoms with Crippen molar-refractivity contribution in [1.82, 2.24) is 0 Å². The molecular formula is C21H22BrNO5. The van der Waals surface area contributed by atoms with E-state index in [9.17, 15) is 4.79 Å². The lowest BCUT2D eigenvalue weighted by atomic mass is 10.2. The van der Waals surface area contributed by atoms with Crippen LogP contribution in [0.5, 0.6) is 23.0 Å². The van der Waals surface area contributed by atoms with Crippen LogP contribution in [0.1, 0.15) is 19.4 Å². The van der Waals surface area contributed by atoms with Crippen LogP contribution in [0.15, 0.2) is 40.9 Å². The van der Waals surface area contributed by atoms with Gasteiger partial charge in [0.15, 0.2) is 23.0 Å². The maximum atomic E-state index is 12.3. The van der Waals surface area contributed by atoms with Gasteiger partial charge in [-0.05, 0) is 53.5 Å². The molecule has 1 heterocycles. The van der Waals surface area contributed by atoms with Crippen molar-refractivity contribution in [2.75, 3.05) is 31.7 Å². The van der Waals surface area contributed by atoms with E-state index in [-0.39, 0.29) is 5.91 Å². The zero-order valence-corrected chi connectivity index (χ0v) is 17.4. The third-order valence-electron chi connectivity index (χ3n) is 3.88. The summed E-state index contributed by atoms with van der Waals surface area (Å²) in [5.41, 5.74) is 1.45. The predicted octanol–water partition coefficient (Wildman–Crippen LogP) is 4.67. The first-order chi connectivity index (χ1) is 13.6. The van der Waals surface area contributed by atoms with E-state index < -0.39 is 0 Å². The molecule has 148 valence electrons. The number of amides is 1. The van der Waals surface area contributed by atoms with Gasteiger partial charge in [-0.15, -0.1) is 0 Å². The largest absolute Gasteiger partial charge is 0.490 e. The van der Waals surface area contributed by atoms with Crippen molar-refractivity contribution in [2.24, 2.45) is 0 Å². The molecule has 1 aliphatic rings. The monoisotopic (exact) mass is 447 g/mol. The van der Waals surface area contributed by atoms with Gasteiger partial charge in [-0.25, -0.2) is 0 Å². The van der Waals surface area contributed by atoms with Gasteiger partial charge in [-0.1, -0.05) is 6.07 Å². The molecule has 0 saturated carbocycles. The van der Waals surface area contributed by atoms with E-state index in [4.69, 9.17) is 18.9 Å². The fraction of sp³-hybridized carbons (Fsp3) is 0.286. The van der Waals surface area contributed by atoms with Gasteiger partial charge < -0.3 is 24.3 Å². The first-order valence-corrected chi connectivity index (χ1v) is 9.87. The first-order valence-electron chi connectivity index (χ1n) is 9.08. The third kappa shape index (κ3) is 4.98. The van der Waals surface area contributed by atoms with Crippen LogP contribution in [0.4, 0.5) is 5.69 Å². The maximum absolute atomic E-state index is 12.3. The highest BCUT2D eigenvalue weighted by Crippen LogP contribution is 2.38. The Bertz CT molecular complexity index is 881. The number of fused-ring (bicyclic) bond motifs is 1. The van der Waals surface area contributed by atoms with Gasteiger partial charge in [-0.2, -0.15) is 0 Å². The number of benzene rings is 2. The second kappa shape index (κ2) is 9.50. The van der Waals surface area contributed by atoms with E-state index in [0.717, 1.165) is 10.0 Å². The highest BCUT2D eigenvalue weighted by atomic mass is 79.9. The number of carbonyl (C=O) groups excluding carboxylic acids is 1. The number of ether oxygens (including phenoxy) is 4. The fourth-order valence-electron chi connectivity index (χ4n) is 2.68. The molecule has 0 unspecified atom stereocenters. The molecule has 0 bridgehead atoms. The van der Waals surface area contributed by atoms with E-state index in [1.165, 1.54) is 6.08 Å². The van der Waals surface area contributed by atoms with Gasteiger partial charge in [-0.3, -0.25) is 4.79 Å². The number of hydrogen-bond acceptors (Lipinski definition) is 5. The molecule has 1 N–H and O–H groups in total. The van der Waals surface area contributed by atoms with E-state index in [1.807, 2.05) is 32.0 Å². The Morgan fingerprint density at radius 1 is 1.07 bits per heavy atom. The smallest absolute Gasteiger partial charge is 0.248 e. The van der Waals surface area contributed by atoms with Crippen LogP contribution in [0.2, 0.25) is 0 Å². The highest BCUT2D eigenvalue weighted by Gasteiger charge is 2.15. The molecule has 1 amide bonds. The maximum Gasteiger partial charge on any atom is 0.248 e. The zero-order chi connectivity index (χ0) is 19.9. The van der Waals surface area contributed by atoms with Crippen LogP contribution in [-0.4, -0.2) is 32.3 Å². The number of hydrogen-bond donors (Lipinski definition) is 1. The van der Waals surface area contributed by atoms with Gasteiger partial charge in [0.25, 0.3) is 0 Å². The van der Waals surface area contributed by atoms with Gasteiger partial charge in [0.1, 0.15) is 13.2 Å². The van der Waals surface area contributed by atoms with Crippen molar-refractivity contribution >= 4 is 33.6 Å². The summed E-state index contributed by atoms with van der Waals surface area (Å²) < 4.78 is 23.0. The van der Waals surface area contributed by atoms with Crippen LogP contribution < -0.4 is 24.3 Å². The molecule has 28 heavy (non-hydrogen) atoms. The second-order valence-electron chi connectivity index (χ2n) is 5.87. The minimum absolute atomic E-state index is 0.260. The van der Waals surface area contributed by atoms with Crippen molar-refractivity contribution in [3.63, 3.8) is 0 Å². The molecule has 0 spiro atoms. The number of halogens is 1. The molecule has 0 aliphatic carbocycles. The third-order valence-corrected chi connectivity index (χ3v) is 4.54. The van der Waals surface area contributed by atoms with Crippen molar-refractivity contribution in [2.45, 2.75) is 13.8 Å². The first kappa shape index (κ1) is 20.1. The zero-order valence-electron chi connectivity index (χ0n) is 15.8. The van der Waals surface area contributed by atoms with E-state index in [2.05, 4.69) is 21.2 Å². The molecule has 6 nitrogen and oxygen atoms in total. The Balaban J connectivity index is 1.71. The lowest BCUT2D eigenvalue weighted by molar-refractivity contribution is -0.111. The Labute approximate surface area is 172 Å². The van der Waals surface area contributed by atoms with Crippen LogP contribution in [-0.2, 0) is 4.79 Å². The summed E-state index contributed by atoms with van der Waals surface area (Å²) >= 11 is 3.44. The lowest BCUT2D eigenvalue weighted by Gasteiger charge is -2.19. The van der Waals surface area contributed by atoms with Crippen LogP contribution >= 0.6 is 15.9 Å². The van der Waals surface area contributed by atoms with Gasteiger partial charge in [0, 0.05) is 22.7 Å². The predicted molar refractivity (Wildman–Crippen MR) is 112 cm³/mol. The number of nitrogens with one attached hydrogen (secondary N) is 1. The molecule has 3 rings (SSSR count). The number of anilines is 1. The van der Waals surface area contributed by atoms with Crippen LogP contribution in [0, 0.1) is 0 Å². The Morgan fingerprint density at radius 2 is 1.75 bits per heavy atom. The minimum atomic E-state index is -0.260. The van der Waals surface area contributed by atoms with Crippen molar-refractivity contribution in [3.05, 3.63) is 46.4 Å². The number of carbonyl (C=O) groups is 1. The number of rotatable bonds is 7. The van der Waals surface area contributed by atoms with Gasteiger partial charge in [0.05, 0.1) is 18.9 Å². The Hall–Kier alpha value is -2.67. The van der Waals surface area contributed by atoms with Crippen LogP contribution in [0.3, 0.4) is 0 Å². The molecule has 2 aromatic rings. The van der Waals surface area contributed by atoms with Crippen LogP contribution in [0.25, 0.3) is 6.08 Å². The fourth-order valence-corrected chi connectivity index (χ4v) is 3.10. The summed E-state index contributed by atoms with van der Waals surface area (Å²) in [6, 6.07) is 9.09. The van der Waals surface area contributed by atoms with Crippen molar-refractivity contribution in [3.8, 4) is 23.0 Å².